The molecule has 0 aromatic heterocycles. The predicted molar refractivity (Wildman–Crippen MR) is 85.7 cm³/mol. The van der Waals surface area contributed by atoms with Crippen molar-refractivity contribution in [2.24, 2.45) is 0 Å². The van der Waals surface area contributed by atoms with Crippen LogP contribution in [0.3, 0.4) is 0 Å². The third-order valence-corrected chi connectivity index (χ3v) is 4.46. The topological polar surface area (TPSA) is 15.3 Å². The standard InChI is InChI=1S/C16H16Cl2N2/c17-14-6-3-5-13(16(14)18)11-20-9-8-19-10-12-4-1-2-7-15(12)20/h1-7,19H,8-11H2. The molecule has 2 nitrogen and oxygen atoms in total. The molecule has 0 spiro atoms. The van der Waals surface area contributed by atoms with Gasteiger partial charge in [-0.25, -0.2) is 0 Å². The Morgan fingerprint density at radius 1 is 1.05 bits per heavy atom. The first-order chi connectivity index (χ1) is 9.75. The molecule has 0 saturated heterocycles. The molecule has 104 valence electrons. The van der Waals surface area contributed by atoms with E-state index in [1.165, 1.54) is 11.3 Å². The molecule has 0 bridgehead atoms. The van der Waals surface area contributed by atoms with Crippen molar-refractivity contribution in [3.8, 4) is 0 Å². The summed E-state index contributed by atoms with van der Waals surface area (Å²) in [6.07, 6.45) is 0. The molecule has 20 heavy (non-hydrogen) atoms. The summed E-state index contributed by atoms with van der Waals surface area (Å²) in [4.78, 5) is 2.35. The maximum Gasteiger partial charge on any atom is 0.0642 e. The van der Waals surface area contributed by atoms with Crippen molar-refractivity contribution in [3.63, 3.8) is 0 Å². The number of fused-ring (bicyclic) bond motifs is 1. The average Bonchev–Trinajstić information content (AvgIpc) is 2.67. The maximum atomic E-state index is 6.31. The van der Waals surface area contributed by atoms with Gasteiger partial charge in [-0.15, -0.1) is 0 Å². The van der Waals surface area contributed by atoms with Crippen LogP contribution in [0.15, 0.2) is 42.5 Å². The molecule has 4 heteroatoms. The van der Waals surface area contributed by atoms with Crippen LogP contribution in [0.4, 0.5) is 5.69 Å². The van der Waals surface area contributed by atoms with Gasteiger partial charge in [0.1, 0.15) is 0 Å². The zero-order valence-electron chi connectivity index (χ0n) is 11.1. The highest BCUT2D eigenvalue weighted by molar-refractivity contribution is 6.42. The van der Waals surface area contributed by atoms with E-state index in [4.69, 9.17) is 23.2 Å². The van der Waals surface area contributed by atoms with Crippen LogP contribution in [-0.2, 0) is 13.1 Å². The Bertz CT molecular complexity index is 613. The number of para-hydroxylation sites is 1. The van der Waals surface area contributed by atoms with Crippen molar-refractivity contribution in [2.45, 2.75) is 13.1 Å². The summed E-state index contributed by atoms with van der Waals surface area (Å²) in [7, 11) is 0. The van der Waals surface area contributed by atoms with E-state index >= 15 is 0 Å². The second-order valence-electron chi connectivity index (χ2n) is 4.94. The largest absolute Gasteiger partial charge is 0.366 e. The fourth-order valence-corrected chi connectivity index (χ4v) is 2.95. The molecule has 0 saturated carbocycles. The average molecular weight is 307 g/mol. The second kappa shape index (κ2) is 6.04. The van der Waals surface area contributed by atoms with E-state index in [9.17, 15) is 0 Å². The normalized spacial score (nSPS) is 14.8. The Balaban J connectivity index is 1.92. The third-order valence-electron chi connectivity index (χ3n) is 3.60. The van der Waals surface area contributed by atoms with Crippen LogP contribution in [0.5, 0.6) is 0 Å². The molecule has 2 aromatic carbocycles. The van der Waals surface area contributed by atoms with Gasteiger partial charge in [0.15, 0.2) is 0 Å². The van der Waals surface area contributed by atoms with Crippen molar-refractivity contribution >= 4 is 28.9 Å². The van der Waals surface area contributed by atoms with E-state index in [0.717, 1.165) is 31.7 Å². The summed E-state index contributed by atoms with van der Waals surface area (Å²) in [5, 5.41) is 4.72. The highest BCUT2D eigenvalue weighted by Crippen LogP contribution is 2.29. The maximum absolute atomic E-state index is 6.31. The molecule has 1 N–H and O–H groups in total. The smallest absolute Gasteiger partial charge is 0.0642 e. The lowest BCUT2D eigenvalue weighted by atomic mass is 10.1. The molecular formula is C16H16Cl2N2. The number of rotatable bonds is 2. The third kappa shape index (κ3) is 2.78. The van der Waals surface area contributed by atoms with Gasteiger partial charge in [-0.1, -0.05) is 53.5 Å². The summed E-state index contributed by atoms with van der Waals surface area (Å²) in [5.41, 5.74) is 3.66. The minimum atomic E-state index is 0.616. The van der Waals surface area contributed by atoms with E-state index < -0.39 is 0 Å². The van der Waals surface area contributed by atoms with Gasteiger partial charge < -0.3 is 10.2 Å². The van der Waals surface area contributed by atoms with Crippen molar-refractivity contribution in [3.05, 3.63) is 63.6 Å². The van der Waals surface area contributed by atoms with Crippen molar-refractivity contribution in [1.29, 1.82) is 0 Å². The lowest BCUT2D eigenvalue weighted by molar-refractivity contribution is 0.688. The second-order valence-corrected chi connectivity index (χ2v) is 5.73. The summed E-state index contributed by atoms with van der Waals surface area (Å²) in [6.45, 7) is 3.61. The number of halogens is 2. The quantitative estimate of drug-likeness (QED) is 0.898. The van der Waals surface area contributed by atoms with E-state index in [1.807, 2.05) is 18.2 Å². The first-order valence-corrected chi connectivity index (χ1v) is 7.48. The van der Waals surface area contributed by atoms with Gasteiger partial charge in [0, 0.05) is 31.9 Å². The van der Waals surface area contributed by atoms with Crippen LogP contribution in [0.1, 0.15) is 11.1 Å². The van der Waals surface area contributed by atoms with Gasteiger partial charge in [-0.05, 0) is 23.3 Å². The number of anilines is 1. The first-order valence-electron chi connectivity index (χ1n) is 6.72. The van der Waals surface area contributed by atoms with E-state index in [1.54, 1.807) is 0 Å². The molecule has 1 aliphatic heterocycles. The highest BCUT2D eigenvalue weighted by Gasteiger charge is 2.16. The molecule has 0 aliphatic carbocycles. The Morgan fingerprint density at radius 2 is 1.90 bits per heavy atom. The Morgan fingerprint density at radius 3 is 2.80 bits per heavy atom. The molecule has 0 fully saturated rings. The first kappa shape index (κ1) is 13.7. The lowest BCUT2D eigenvalue weighted by Crippen LogP contribution is -2.28. The molecule has 3 rings (SSSR count). The number of hydrogen-bond acceptors (Lipinski definition) is 2. The van der Waals surface area contributed by atoms with Gasteiger partial charge >= 0.3 is 0 Å². The van der Waals surface area contributed by atoms with Gasteiger partial charge in [-0.3, -0.25) is 0 Å². The summed E-state index contributed by atoms with van der Waals surface area (Å²) >= 11 is 12.4. The summed E-state index contributed by atoms with van der Waals surface area (Å²) in [5.74, 6) is 0. The van der Waals surface area contributed by atoms with E-state index in [2.05, 4.69) is 34.5 Å². The molecule has 0 atom stereocenters. The Labute approximate surface area is 129 Å². The van der Waals surface area contributed by atoms with Crippen molar-refractivity contribution in [1.82, 2.24) is 5.32 Å². The van der Waals surface area contributed by atoms with Crippen LogP contribution >= 0.6 is 23.2 Å². The van der Waals surface area contributed by atoms with Crippen LogP contribution in [-0.4, -0.2) is 13.1 Å². The van der Waals surface area contributed by atoms with E-state index in [-0.39, 0.29) is 0 Å². The molecule has 2 aromatic rings. The van der Waals surface area contributed by atoms with Gasteiger partial charge in [0.05, 0.1) is 10.0 Å². The molecule has 0 amide bonds. The van der Waals surface area contributed by atoms with Crippen LogP contribution in [0, 0.1) is 0 Å². The lowest BCUT2D eigenvalue weighted by Gasteiger charge is -2.25. The molecule has 0 unspecified atom stereocenters. The molecule has 1 heterocycles. The predicted octanol–water partition coefficient (Wildman–Crippen LogP) is 4.10. The summed E-state index contributed by atoms with van der Waals surface area (Å²) in [6, 6.07) is 14.3. The molecule has 1 aliphatic rings. The van der Waals surface area contributed by atoms with E-state index in [0.29, 0.717) is 10.0 Å². The fraction of sp³-hybridized carbons (Fsp3) is 0.250. The summed E-state index contributed by atoms with van der Waals surface area (Å²) < 4.78 is 0. The van der Waals surface area contributed by atoms with Gasteiger partial charge in [0.25, 0.3) is 0 Å². The van der Waals surface area contributed by atoms with Crippen LogP contribution < -0.4 is 10.2 Å². The van der Waals surface area contributed by atoms with Gasteiger partial charge in [-0.2, -0.15) is 0 Å². The van der Waals surface area contributed by atoms with Crippen LogP contribution in [0.2, 0.25) is 10.0 Å². The minimum absolute atomic E-state index is 0.616. The number of hydrogen-bond donors (Lipinski definition) is 1. The van der Waals surface area contributed by atoms with Crippen molar-refractivity contribution in [2.75, 3.05) is 18.0 Å². The fourth-order valence-electron chi connectivity index (χ4n) is 2.57. The molecule has 0 radical (unpaired) electrons. The Kier molecular flexibility index (Phi) is 4.16. The number of nitrogens with one attached hydrogen (secondary N) is 1. The number of nitrogens with zero attached hydrogens (tertiary/aromatic N) is 1. The van der Waals surface area contributed by atoms with Gasteiger partial charge in [0.2, 0.25) is 0 Å². The zero-order chi connectivity index (χ0) is 13.9. The molecular weight excluding hydrogens is 291 g/mol. The zero-order valence-corrected chi connectivity index (χ0v) is 12.6. The monoisotopic (exact) mass is 306 g/mol. The number of benzene rings is 2. The minimum Gasteiger partial charge on any atom is -0.366 e. The SMILES string of the molecule is Clc1cccc(CN2CCNCc3ccccc32)c1Cl. The van der Waals surface area contributed by atoms with Crippen molar-refractivity contribution < 1.29 is 0 Å². The Hall–Kier alpha value is -1.22. The van der Waals surface area contributed by atoms with Crippen LogP contribution in [0.25, 0.3) is 0 Å². The highest BCUT2D eigenvalue weighted by atomic mass is 35.5.